The van der Waals surface area contributed by atoms with Gasteiger partial charge in [0.2, 0.25) is 0 Å². The molecule has 2 fully saturated rings. The lowest BCUT2D eigenvalue weighted by molar-refractivity contribution is 0.256. The summed E-state index contributed by atoms with van der Waals surface area (Å²) >= 11 is 5.57. The smallest absolute Gasteiger partial charge is 0.0314 e. The maximum absolute atomic E-state index is 3.74. The number of halogens is 1. The first-order valence-corrected chi connectivity index (χ1v) is 8.30. The highest BCUT2D eigenvalue weighted by molar-refractivity contribution is 9.10. The van der Waals surface area contributed by atoms with Gasteiger partial charge in [-0.05, 0) is 70.8 Å². The molecule has 1 unspecified atom stereocenters. The van der Waals surface area contributed by atoms with Crippen molar-refractivity contribution in [2.75, 3.05) is 6.54 Å². The zero-order chi connectivity index (χ0) is 11.9. The normalized spacial score (nSPS) is 23.6. The fourth-order valence-corrected chi connectivity index (χ4v) is 4.30. The van der Waals surface area contributed by atoms with E-state index in [0.717, 1.165) is 12.0 Å². The van der Waals surface area contributed by atoms with Crippen LogP contribution >= 0.6 is 27.3 Å². The van der Waals surface area contributed by atoms with Gasteiger partial charge >= 0.3 is 0 Å². The van der Waals surface area contributed by atoms with E-state index in [1.54, 1.807) is 0 Å². The predicted molar refractivity (Wildman–Crippen MR) is 77.6 cm³/mol. The second kappa shape index (κ2) is 4.67. The van der Waals surface area contributed by atoms with Crippen molar-refractivity contribution in [2.24, 2.45) is 11.3 Å². The Kier molecular flexibility index (Phi) is 3.35. The van der Waals surface area contributed by atoms with Crippen LogP contribution in [0.5, 0.6) is 0 Å². The molecule has 0 saturated heterocycles. The van der Waals surface area contributed by atoms with Gasteiger partial charge in [-0.25, -0.2) is 0 Å². The molecule has 2 aliphatic rings. The van der Waals surface area contributed by atoms with Crippen molar-refractivity contribution < 1.29 is 0 Å². The molecule has 2 saturated carbocycles. The Morgan fingerprint density at radius 1 is 1.41 bits per heavy atom. The van der Waals surface area contributed by atoms with E-state index >= 15 is 0 Å². The second-order valence-electron chi connectivity index (χ2n) is 5.95. The van der Waals surface area contributed by atoms with Gasteiger partial charge in [0.1, 0.15) is 0 Å². The molecule has 1 aromatic rings. The lowest BCUT2D eigenvalue weighted by atomic mass is 9.81. The monoisotopic (exact) mass is 313 g/mol. The van der Waals surface area contributed by atoms with Gasteiger partial charge in [-0.2, -0.15) is 0 Å². The summed E-state index contributed by atoms with van der Waals surface area (Å²) < 4.78 is 1.31. The molecule has 0 radical (unpaired) electrons. The summed E-state index contributed by atoms with van der Waals surface area (Å²) in [4.78, 5) is 1.52. The fourth-order valence-electron chi connectivity index (χ4n) is 2.61. The molecule has 0 bridgehead atoms. The summed E-state index contributed by atoms with van der Waals surface area (Å²) in [5.41, 5.74) is 0.468. The molecule has 1 aromatic heterocycles. The lowest BCUT2D eigenvalue weighted by Gasteiger charge is -2.30. The van der Waals surface area contributed by atoms with E-state index in [0.29, 0.717) is 5.41 Å². The van der Waals surface area contributed by atoms with Crippen molar-refractivity contribution >= 4 is 27.3 Å². The minimum absolute atomic E-state index is 0.468. The van der Waals surface area contributed by atoms with Crippen LogP contribution in [0.3, 0.4) is 0 Å². The van der Waals surface area contributed by atoms with Crippen molar-refractivity contribution in [1.82, 2.24) is 5.32 Å². The molecule has 3 rings (SSSR count). The molecule has 3 heteroatoms. The van der Waals surface area contributed by atoms with Crippen LogP contribution in [0, 0.1) is 11.3 Å². The summed E-state index contributed by atoms with van der Waals surface area (Å²) in [5.74, 6) is 0.947. The molecule has 0 amide bonds. The van der Waals surface area contributed by atoms with E-state index < -0.39 is 0 Å². The molecule has 94 valence electrons. The van der Waals surface area contributed by atoms with E-state index in [2.05, 4.69) is 39.6 Å². The maximum atomic E-state index is 3.74. The van der Waals surface area contributed by atoms with Crippen LogP contribution in [-0.4, -0.2) is 12.6 Å². The van der Waals surface area contributed by atoms with E-state index in [9.17, 15) is 0 Å². The summed E-state index contributed by atoms with van der Waals surface area (Å²) in [7, 11) is 0. The minimum atomic E-state index is 0.468. The summed E-state index contributed by atoms with van der Waals surface area (Å²) in [6.07, 6.45) is 6.89. The molecule has 17 heavy (non-hydrogen) atoms. The van der Waals surface area contributed by atoms with Gasteiger partial charge in [0, 0.05) is 21.9 Å². The summed E-state index contributed by atoms with van der Waals surface area (Å²) in [6.45, 7) is 3.68. The third-order valence-corrected chi connectivity index (χ3v) is 6.12. The van der Waals surface area contributed by atoms with E-state index in [4.69, 9.17) is 0 Å². The standard InChI is InChI=1S/C14H20BrNS/c1-14(10-2-3-10,9-16-11-4-5-11)8-13-12(15)6-7-17-13/h6-7,10-11,16H,2-5,8-9H2,1H3. The Hall–Kier alpha value is 0.140. The zero-order valence-corrected chi connectivity index (χ0v) is 12.7. The Morgan fingerprint density at radius 3 is 2.71 bits per heavy atom. The van der Waals surface area contributed by atoms with Crippen molar-refractivity contribution in [3.05, 3.63) is 20.8 Å². The van der Waals surface area contributed by atoms with Gasteiger partial charge in [-0.1, -0.05) is 6.92 Å². The Bertz CT molecular complexity index is 395. The quantitative estimate of drug-likeness (QED) is 0.829. The van der Waals surface area contributed by atoms with Crippen LogP contribution in [0.2, 0.25) is 0 Å². The molecule has 0 aromatic carbocycles. The maximum Gasteiger partial charge on any atom is 0.0314 e. The van der Waals surface area contributed by atoms with Crippen LogP contribution in [0.25, 0.3) is 0 Å². The molecule has 1 nitrogen and oxygen atoms in total. The number of nitrogens with one attached hydrogen (secondary N) is 1. The van der Waals surface area contributed by atoms with Crippen molar-refractivity contribution in [1.29, 1.82) is 0 Å². The highest BCUT2D eigenvalue weighted by atomic mass is 79.9. The van der Waals surface area contributed by atoms with Crippen LogP contribution in [0.1, 0.15) is 37.5 Å². The molecule has 2 aliphatic carbocycles. The van der Waals surface area contributed by atoms with Gasteiger partial charge in [-0.15, -0.1) is 11.3 Å². The number of thiophene rings is 1. The molecule has 1 atom stereocenters. The van der Waals surface area contributed by atoms with Gasteiger partial charge in [-0.3, -0.25) is 0 Å². The van der Waals surface area contributed by atoms with Crippen LogP contribution in [-0.2, 0) is 6.42 Å². The van der Waals surface area contributed by atoms with Crippen LogP contribution < -0.4 is 5.32 Å². The first-order valence-electron chi connectivity index (χ1n) is 6.63. The highest BCUT2D eigenvalue weighted by Gasteiger charge is 2.42. The largest absolute Gasteiger partial charge is 0.313 e. The lowest BCUT2D eigenvalue weighted by Crippen LogP contribution is -2.36. The SMILES string of the molecule is CC(CNC1CC1)(Cc1sccc1Br)C1CC1. The van der Waals surface area contributed by atoms with Gasteiger partial charge < -0.3 is 5.32 Å². The van der Waals surface area contributed by atoms with E-state index in [-0.39, 0.29) is 0 Å². The van der Waals surface area contributed by atoms with Crippen LogP contribution in [0.4, 0.5) is 0 Å². The number of rotatable bonds is 6. The van der Waals surface area contributed by atoms with Crippen molar-refractivity contribution in [2.45, 2.75) is 45.1 Å². The van der Waals surface area contributed by atoms with Gasteiger partial charge in [0.15, 0.2) is 0 Å². The predicted octanol–water partition coefficient (Wildman–Crippen LogP) is 4.22. The zero-order valence-electron chi connectivity index (χ0n) is 10.3. The van der Waals surface area contributed by atoms with Gasteiger partial charge in [0.25, 0.3) is 0 Å². The third-order valence-electron chi connectivity index (χ3n) is 4.19. The number of hydrogen-bond donors (Lipinski definition) is 1. The van der Waals surface area contributed by atoms with Crippen LogP contribution in [0.15, 0.2) is 15.9 Å². The molecular weight excluding hydrogens is 294 g/mol. The second-order valence-corrected chi connectivity index (χ2v) is 7.81. The molecular formula is C14H20BrNS. The fraction of sp³-hybridized carbons (Fsp3) is 0.714. The molecule has 1 N–H and O–H groups in total. The minimum Gasteiger partial charge on any atom is -0.313 e. The average Bonchev–Trinajstić information content (AvgIpc) is 3.18. The van der Waals surface area contributed by atoms with Crippen molar-refractivity contribution in [3.8, 4) is 0 Å². The Balaban J connectivity index is 1.67. The molecule has 0 aliphatic heterocycles. The third kappa shape index (κ3) is 2.94. The first kappa shape index (κ1) is 12.2. The Labute approximate surface area is 116 Å². The number of hydrogen-bond acceptors (Lipinski definition) is 2. The Morgan fingerprint density at radius 2 is 2.18 bits per heavy atom. The topological polar surface area (TPSA) is 12.0 Å². The summed E-state index contributed by atoms with van der Waals surface area (Å²) in [6, 6.07) is 3.02. The average molecular weight is 314 g/mol. The van der Waals surface area contributed by atoms with E-state index in [1.807, 2.05) is 11.3 Å². The molecule has 1 heterocycles. The highest BCUT2D eigenvalue weighted by Crippen LogP contribution is 2.48. The molecule has 0 spiro atoms. The summed E-state index contributed by atoms with van der Waals surface area (Å²) in [5, 5.41) is 5.94. The first-order chi connectivity index (χ1) is 8.17. The van der Waals surface area contributed by atoms with Gasteiger partial charge in [0.05, 0.1) is 0 Å². The van der Waals surface area contributed by atoms with E-state index in [1.165, 1.54) is 48.0 Å². The van der Waals surface area contributed by atoms with Crippen molar-refractivity contribution in [3.63, 3.8) is 0 Å².